The molecular formula is C34H36N4O3S. The Hall–Kier alpha value is -4.27. The normalized spacial score (nSPS) is 12.7. The summed E-state index contributed by atoms with van der Waals surface area (Å²) in [5.74, 6) is 0.828. The zero-order chi connectivity index (χ0) is 29.7. The third-order valence-electron chi connectivity index (χ3n) is 7.09. The predicted octanol–water partition coefficient (Wildman–Crippen LogP) is 6.36. The van der Waals surface area contributed by atoms with Crippen molar-refractivity contribution in [1.82, 2.24) is 14.8 Å². The number of aromatic nitrogens is 3. The third kappa shape index (κ3) is 6.95. The summed E-state index contributed by atoms with van der Waals surface area (Å²) in [4.78, 5) is 0. The third-order valence-corrected chi connectivity index (χ3v) is 8.62. The highest BCUT2D eigenvalue weighted by atomic mass is 32.2. The molecule has 7 nitrogen and oxygen atoms in total. The van der Waals surface area contributed by atoms with Crippen molar-refractivity contribution in [1.29, 1.82) is 0 Å². The molecule has 0 aliphatic carbocycles. The molecule has 0 aliphatic heterocycles. The molecule has 4 aromatic carbocycles. The SMILES string of the molecule is CC(C)(C)c1ccc(CS(=O)(=O)c2nnc([C@@H](N)Cc3ccccc3)n2-c2ccc(OCc3ccccc3)cc2)cc1. The number of rotatable bonds is 10. The minimum absolute atomic E-state index is 0.0294. The van der Waals surface area contributed by atoms with E-state index in [1.165, 1.54) is 0 Å². The molecule has 2 N–H and O–H groups in total. The van der Waals surface area contributed by atoms with Gasteiger partial charge in [-0.25, -0.2) is 8.42 Å². The van der Waals surface area contributed by atoms with Crippen molar-refractivity contribution in [2.75, 3.05) is 0 Å². The van der Waals surface area contributed by atoms with Crippen LogP contribution in [0.15, 0.2) is 114 Å². The van der Waals surface area contributed by atoms with Crippen LogP contribution in [-0.2, 0) is 34.0 Å². The van der Waals surface area contributed by atoms with Crippen LogP contribution in [0.5, 0.6) is 5.75 Å². The number of hydrogen-bond acceptors (Lipinski definition) is 6. The monoisotopic (exact) mass is 580 g/mol. The number of nitrogens with zero attached hydrogens (tertiary/aromatic N) is 3. The summed E-state index contributed by atoms with van der Waals surface area (Å²) < 4.78 is 35.1. The molecule has 5 rings (SSSR count). The molecule has 0 saturated heterocycles. The van der Waals surface area contributed by atoms with Crippen molar-refractivity contribution in [2.24, 2.45) is 5.73 Å². The average Bonchev–Trinajstić information content (AvgIpc) is 3.44. The van der Waals surface area contributed by atoms with E-state index in [9.17, 15) is 8.42 Å². The molecule has 0 radical (unpaired) electrons. The van der Waals surface area contributed by atoms with Crippen LogP contribution in [0.1, 0.15) is 54.9 Å². The maximum Gasteiger partial charge on any atom is 0.254 e. The average molecular weight is 581 g/mol. The lowest BCUT2D eigenvalue weighted by molar-refractivity contribution is 0.306. The molecule has 1 heterocycles. The predicted molar refractivity (Wildman–Crippen MR) is 165 cm³/mol. The number of benzene rings is 4. The summed E-state index contributed by atoms with van der Waals surface area (Å²) in [5, 5.41) is 8.37. The van der Waals surface area contributed by atoms with Crippen LogP contribution >= 0.6 is 0 Å². The zero-order valence-electron chi connectivity index (χ0n) is 24.1. The Morgan fingerprint density at radius 1 is 0.762 bits per heavy atom. The first kappa shape index (κ1) is 29.2. The summed E-state index contributed by atoms with van der Waals surface area (Å²) in [5.41, 5.74) is 11.1. The number of nitrogens with two attached hydrogens (primary N) is 1. The molecule has 42 heavy (non-hydrogen) atoms. The Morgan fingerprint density at radius 2 is 1.36 bits per heavy atom. The molecule has 1 aromatic heterocycles. The molecule has 216 valence electrons. The minimum atomic E-state index is -3.88. The van der Waals surface area contributed by atoms with Crippen LogP contribution in [0.25, 0.3) is 5.69 Å². The van der Waals surface area contributed by atoms with Gasteiger partial charge in [-0.15, -0.1) is 10.2 Å². The Kier molecular flexibility index (Phi) is 8.56. The van der Waals surface area contributed by atoms with E-state index in [1.807, 2.05) is 97.1 Å². The highest BCUT2D eigenvalue weighted by Crippen LogP contribution is 2.28. The fraction of sp³-hybridized carbons (Fsp3) is 0.235. The van der Waals surface area contributed by atoms with Crippen molar-refractivity contribution in [3.63, 3.8) is 0 Å². The first-order valence-corrected chi connectivity index (χ1v) is 15.6. The fourth-order valence-corrected chi connectivity index (χ4v) is 6.14. The van der Waals surface area contributed by atoms with Gasteiger partial charge in [0, 0.05) is 5.69 Å². The van der Waals surface area contributed by atoms with Crippen LogP contribution in [0, 0.1) is 0 Å². The highest BCUT2D eigenvalue weighted by Gasteiger charge is 2.29. The van der Waals surface area contributed by atoms with Crippen molar-refractivity contribution in [2.45, 2.75) is 56.2 Å². The molecule has 1 atom stereocenters. The second-order valence-corrected chi connectivity index (χ2v) is 13.3. The van der Waals surface area contributed by atoms with Gasteiger partial charge in [0.05, 0.1) is 11.8 Å². The zero-order valence-corrected chi connectivity index (χ0v) is 25.0. The van der Waals surface area contributed by atoms with E-state index in [4.69, 9.17) is 10.5 Å². The second-order valence-electron chi connectivity index (χ2n) is 11.4. The molecule has 8 heteroatoms. The number of sulfone groups is 1. The van der Waals surface area contributed by atoms with Gasteiger partial charge in [-0.3, -0.25) is 4.57 Å². The van der Waals surface area contributed by atoms with E-state index in [2.05, 4.69) is 31.0 Å². The van der Waals surface area contributed by atoms with E-state index in [-0.39, 0.29) is 16.3 Å². The molecule has 0 saturated carbocycles. The van der Waals surface area contributed by atoms with E-state index < -0.39 is 15.9 Å². The summed E-state index contributed by atoms with van der Waals surface area (Å²) in [7, 11) is -3.88. The molecule has 0 spiro atoms. The van der Waals surface area contributed by atoms with Gasteiger partial charge >= 0.3 is 0 Å². The maximum absolute atomic E-state index is 13.8. The lowest BCUT2D eigenvalue weighted by Crippen LogP contribution is -2.20. The largest absolute Gasteiger partial charge is 0.489 e. The topological polar surface area (TPSA) is 100 Å². The van der Waals surface area contributed by atoms with Gasteiger partial charge in [0.25, 0.3) is 5.16 Å². The van der Waals surface area contributed by atoms with Crippen molar-refractivity contribution in [3.05, 3.63) is 137 Å². The first-order valence-electron chi connectivity index (χ1n) is 13.9. The maximum atomic E-state index is 13.8. The van der Waals surface area contributed by atoms with Crippen molar-refractivity contribution in [3.8, 4) is 11.4 Å². The van der Waals surface area contributed by atoms with Gasteiger partial charge < -0.3 is 10.5 Å². The molecule has 0 fully saturated rings. The summed E-state index contributed by atoms with van der Waals surface area (Å²) in [6.07, 6.45) is 0.478. The Morgan fingerprint density at radius 3 is 1.95 bits per heavy atom. The standard InChI is InChI=1S/C34H36N4O3S/c1-34(2,3)28-16-14-27(15-17-28)24-42(39,40)33-37-36-32(31(35)22-25-10-6-4-7-11-25)38(33)29-18-20-30(21-19-29)41-23-26-12-8-5-9-13-26/h4-21,31H,22-24,35H2,1-3H3/t31-/m0/s1. The summed E-state index contributed by atoms with van der Waals surface area (Å²) >= 11 is 0. The fourth-order valence-electron chi connectivity index (χ4n) is 4.74. The smallest absolute Gasteiger partial charge is 0.254 e. The van der Waals surface area contributed by atoms with E-state index in [1.54, 1.807) is 16.7 Å². The van der Waals surface area contributed by atoms with Gasteiger partial charge in [-0.2, -0.15) is 0 Å². The molecule has 0 unspecified atom stereocenters. The van der Waals surface area contributed by atoms with Crippen LogP contribution in [-0.4, -0.2) is 23.2 Å². The summed E-state index contributed by atoms with van der Waals surface area (Å²) in [6.45, 7) is 6.80. The van der Waals surface area contributed by atoms with Gasteiger partial charge in [0.15, 0.2) is 5.82 Å². The quantitative estimate of drug-likeness (QED) is 0.206. The Labute approximate surface area is 247 Å². The lowest BCUT2D eigenvalue weighted by atomic mass is 9.87. The van der Waals surface area contributed by atoms with Gasteiger partial charge in [0.1, 0.15) is 12.4 Å². The minimum Gasteiger partial charge on any atom is -0.489 e. The van der Waals surface area contributed by atoms with E-state index >= 15 is 0 Å². The molecule has 0 bridgehead atoms. The van der Waals surface area contributed by atoms with Crippen molar-refractivity contribution < 1.29 is 13.2 Å². The lowest BCUT2D eigenvalue weighted by Gasteiger charge is -2.19. The van der Waals surface area contributed by atoms with E-state index in [0.29, 0.717) is 35.9 Å². The first-order chi connectivity index (χ1) is 20.1. The highest BCUT2D eigenvalue weighted by molar-refractivity contribution is 7.90. The van der Waals surface area contributed by atoms with Crippen molar-refractivity contribution >= 4 is 9.84 Å². The van der Waals surface area contributed by atoms with Gasteiger partial charge in [-0.05, 0) is 58.4 Å². The molecule has 0 aliphatic rings. The van der Waals surface area contributed by atoms with Gasteiger partial charge in [0.2, 0.25) is 9.84 Å². The summed E-state index contributed by atoms with van der Waals surface area (Å²) in [6, 6.07) is 34.0. The van der Waals surface area contributed by atoms with Gasteiger partial charge in [-0.1, -0.05) is 106 Å². The number of ether oxygens (including phenoxy) is 1. The Balaban J connectivity index is 1.47. The van der Waals surface area contributed by atoms with Crippen LogP contribution in [0.3, 0.4) is 0 Å². The molecule has 0 amide bonds. The molecular weight excluding hydrogens is 544 g/mol. The Bertz CT molecular complexity index is 1710. The second kappa shape index (κ2) is 12.3. The number of hydrogen-bond donors (Lipinski definition) is 1. The van der Waals surface area contributed by atoms with Crippen LogP contribution in [0.4, 0.5) is 0 Å². The van der Waals surface area contributed by atoms with Crippen LogP contribution < -0.4 is 10.5 Å². The van der Waals surface area contributed by atoms with Crippen LogP contribution in [0.2, 0.25) is 0 Å². The molecule has 5 aromatic rings. The van der Waals surface area contributed by atoms with E-state index in [0.717, 1.165) is 16.7 Å².